The molecule has 0 aliphatic carbocycles. The van der Waals surface area contributed by atoms with Crippen LogP contribution >= 0.6 is 0 Å². The minimum absolute atomic E-state index is 0.00943. The van der Waals surface area contributed by atoms with E-state index >= 15 is 0 Å². The number of aromatic carboxylic acids is 1. The maximum absolute atomic E-state index is 12.8. The Morgan fingerprint density at radius 3 is 2.53 bits per heavy atom. The zero-order valence-corrected chi connectivity index (χ0v) is 8.31. The van der Waals surface area contributed by atoms with E-state index in [0.29, 0.717) is 0 Å². The van der Waals surface area contributed by atoms with Crippen molar-refractivity contribution in [1.82, 2.24) is 0 Å². The van der Waals surface area contributed by atoms with Gasteiger partial charge in [0.2, 0.25) is 5.76 Å². The van der Waals surface area contributed by atoms with Crippen LogP contribution in [-0.2, 0) is 0 Å². The highest BCUT2D eigenvalue weighted by Crippen LogP contribution is 2.24. The molecule has 0 fully saturated rings. The summed E-state index contributed by atoms with van der Waals surface area (Å²) in [5.41, 5.74) is 0. The Bertz CT molecular complexity index is 562. The van der Waals surface area contributed by atoms with Crippen molar-refractivity contribution in [3.63, 3.8) is 0 Å². The third-order valence-corrected chi connectivity index (χ3v) is 1.90. The van der Waals surface area contributed by atoms with E-state index in [1.165, 1.54) is 18.2 Å². The lowest BCUT2D eigenvalue weighted by molar-refractivity contribution is 0.0657. The van der Waals surface area contributed by atoms with Gasteiger partial charge in [-0.3, -0.25) is 0 Å². The van der Waals surface area contributed by atoms with Gasteiger partial charge in [0, 0.05) is 12.1 Å². The quantitative estimate of drug-likeness (QED) is 0.895. The predicted molar refractivity (Wildman–Crippen MR) is 52.1 cm³/mol. The highest BCUT2D eigenvalue weighted by atomic mass is 19.2. The lowest BCUT2D eigenvalue weighted by Gasteiger charge is -2.01. The lowest BCUT2D eigenvalue weighted by atomic mass is 10.3. The number of hydrogen-bond acceptors (Lipinski definition) is 3. The van der Waals surface area contributed by atoms with Gasteiger partial charge >= 0.3 is 5.97 Å². The molecule has 0 spiro atoms. The van der Waals surface area contributed by atoms with Gasteiger partial charge in [-0.25, -0.2) is 13.6 Å². The Kier molecular flexibility index (Phi) is 2.78. The van der Waals surface area contributed by atoms with E-state index in [1.807, 2.05) is 0 Å². The number of benzene rings is 1. The van der Waals surface area contributed by atoms with Crippen LogP contribution in [0.5, 0.6) is 11.7 Å². The second kappa shape index (κ2) is 4.25. The fourth-order valence-corrected chi connectivity index (χ4v) is 1.15. The molecule has 17 heavy (non-hydrogen) atoms. The van der Waals surface area contributed by atoms with Crippen molar-refractivity contribution in [2.24, 2.45) is 0 Å². The van der Waals surface area contributed by atoms with Crippen LogP contribution in [0.25, 0.3) is 0 Å². The number of halogens is 2. The first kappa shape index (κ1) is 11.1. The Morgan fingerprint density at radius 2 is 1.94 bits per heavy atom. The van der Waals surface area contributed by atoms with Crippen LogP contribution in [0.2, 0.25) is 0 Å². The first-order valence-electron chi connectivity index (χ1n) is 4.52. The molecule has 0 atom stereocenters. The average Bonchev–Trinajstić information content (AvgIpc) is 2.72. The molecule has 0 amide bonds. The predicted octanol–water partition coefficient (Wildman–Crippen LogP) is 3.05. The number of hydrogen-bond donors (Lipinski definition) is 1. The molecule has 1 aromatic carbocycles. The van der Waals surface area contributed by atoms with Crippen LogP contribution in [0.15, 0.2) is 34.7 Å². The Balaban J connectivity index is 2.19. The van der Waals surface area contributed by atoms with Gasteiger partial charge in [-0.1, -0.05) is 0 Å². The minimum atomic E-state index is -1.25. The monoisotopic (exact) mass is 240 g/mol. The average molecular weight is 240 g/mol. The summed E-state index contributed by atoms with van der Waals surface area (Å²) in [6.45, 7) is 0. The largest absolute Gasteiger partial charge is 0.475 e. The van der Waals surface area contributed by atoms with Crippen molar-refractivity contribution >= 4 is 5.97 Å². The smallest absolute Gasteiger partial charge is 0.371 e. The van der Waals surface area contributed by atoms with Crippen LogP contribution in [0.3, 0.4) is 0 Å². The molecule has 0 saturated carbocycles. The molecule has 0 bridgehead atoms. The molecule has 0 radical (unpaired) electrons. The maximum Gasteiger partial charge on any atom is 0.371 e. The third kappa shape index (κ3) is 2.41. The summed E-state index contributed by atoms with van der Waals surface area (Å²) in [4.78, 5) is 10.5. The number of furan rings is 1. The number of carbonyl (C=O) groups is 1. The molecular weight excluding hydrogens is 234 g/mol. The van der Waals surface area contributed by atoms with Gasteiger partial charge in [0.15, 0.2) is 11.6 Å². The van der Waals surface area contributed by atoms with E-state index in [9.17, 15) is 13.6 Å². The fraction of sp³-hybridized carbons (Fsp3) is 0. The van der Waals surface area contributed by atoms with Crippen LogP contribution < -0.4 is 4.74 Å². The van der Waals surface area contributed by atoms with Crippen molar-refractivity contribution in [1.29, 1.82) is 0 Å². The second-order valence-electron chi connectivity index (χ2n) is 3.10. The number of carboxylic acids is 1. The van der Waals surface area contributed by atoms with Crippen LogP contribution in [0.1, 0.15) is 10.6 Å². The van der Waals surface area contributed by atoms with Gasteiger partial charge in [0.1, 0.15) is 5.75 Å². The van der Waals surface area contributed by atoms with Gasteiger partial charge in [-0.15, -0.1) is 0 Å². The highest BCUT2D eigenvalue weighted by molar-refractivity contribution is 5.84. The van der Waals surface area contributed by atoms with Gasteiger partial charge in [-0.2, -0.15) is 0 Å². The fourth-order valence-electron chi connectivity index (χ4n) is 1.15. The molecule has 88 valence electrons. The van der Waals surface area contributed by atoms with Gasteiger partial charge < -0.3 is 14.3 Å². The standard InChI is InChI=1S/C11H6F2O4/c12-7-2-1-6(5-8(7)13)16-10-4-3-9(17-10)11(14)15/h1-5H,(H,14,15). The molecule has 0 unspecified atom stereocenters. The molecule has 1 N–H and O–H groups in total. The van der Waals surface area contributed by atoms with E-state index in [0.717, 1.165) is 12.1 Å². The molecule has 6 heteroatoms. The maximum atomic E-state index is 12.8. The van der Waals surface area contributed by atoms with Crippen LogP contribution in [0.4, 0.5) is 8.78 Å². The molecular formula is C11H6F2O4. The van der Waals surface area contributed by atoms with E-state index in [1.54, 1.807) is 0 Å². The first-order chi connectivity index (χ1) is 8.06. The molecule has 2 rings (SSSR count). The van der Waals surface area contributed by atoms with Crippen molar-refractivity contribution in [3.05, 3.63) is 47.7 Å². The molecule has 1 heterocycles. The van der Waals surface area contributed by atoms with Gasteiger partial charge in [-0.05, 0) is 18.2 Å². The molecule has 4 nitrogen and oxygen atoms in total. The van der Waals surface area contributed by atoms with E-state index in [2.05, 4.69) is 0 Å². The van der Waals surface area contributed by atoms with Crippen LogP contribution in [-0.4, -0.2) is 11.1 Å². The van der Waals surface area contributed by atoms with Crippen molar-refractivity contribution in [2.75, 3.05) is 0 Å². The SMILES string of the molecule is O=C(O)c1ccc(Oc2ccc(F)c(F)c2)o1. The summed E-state index contributed by atoms with van der Waals surface area (Å²) >= 11 is 0. The minimum Gasteiger partial charge on any atom is -0.475 e. The van der Waals surface area contributed by atoms with Crippen molar-refractivity contribution in [2.45, 2.75) is 0 Å². The zero-order valence-electron chi connectivity index (χ0n) is 8.31. The number of rotatable bonds is 3. The van der Waals surface area contributed by atoms with E-state index in [4.69, 9.17) is 14.3 Å². The van der Waals surface area contributed by atoms with Gasteiger partial charge in [0.25, 0.3) is 5.95 Å². The summed E-state index contributed by atoms with van der Waals surface area (Å²) in [6.07, 6.45) is 0. The van der Waals surface area contributed by atoms with Crippen molar-refractivity contribution < 1.29 is 27.8 Å². The van der Waals surface area contributed by atoms with Crippen LogP contribution in [0, 0.1) is 11.6 Å². The third-order valence-electron chi connectivity index (χ3n) is 1.90. The van der Waals surface area contributed by atoms with Crippen molar-refractivity contribution in [3.8, 4) is 11.7 Å². The molecule has 2 aromatic rings. The Morgan fingerprint density at radius 1 is 1.18 bits per heavy atom. The highest BCUT2D eigenvalue weighted by Gasteiger charge is 2.11. The molecule has 0 aliphatic heterocycles. The second-order valence-corrected chi connectivity index (χ2v) is 3.10. The topological polar surface area (TPSA) is 59.7 Å². The Labute approximate surface area is 94.0 Å². The summed E-state index contributed by atoms with van der Waals surface area (Å²) < 4.78 is 35.2. The lowest BCUT2D eigenvalue weighted by Crippen LogP contribution is -1.91. The first-order valence-corrected chi connectivity index (χ1v) is 4.52. The normalized spacial score (nSPS) is 10.2. The van der Waals surface area contributed by atoms with E-state index < -0.39 is 17.6 Å². The Hall–Kier alpha value is -2.37. The summed E-state index contributed by atoms with van der Waals surface area (Å²) in [5, 5.41) is 8.59. The van der Waals surface area contributed by atoms with Gasteiger partial charge in [0.05, 0.1) is 0 Å². The molecule has 0 saturated heterocycles. The zero-order chi connectivity index (χ0) is 12.4. The summed E-state index contributed by atoms with van der Waals surface area (Å²) in [7, 11) is 0. The summed E-state index contributed by atoms with van der Waals surface area (Å²) in [6, 6.07) is 5.38. The van der Waals surface area contributed by atoms with E-state index in [-0.39, 0.29) is 17.5 Å². The molecule has 1 aromatic heterocycles. The molecule has 0 aliphatic rings. The number of ether oxygens (including phenoxy) is 1. The summed E-state index contributed by atoms with van der Waals surface area (Å²) in [5.74, 6) is -3.72. The number of carboxylic acid groups (broad SMARTS) is 1.